The first-order valence-corrected chi connectivity index (χ1v) is 9.54. The van der Waals surface area contributed by atoms with Crippen molar-refractivity contribution in [2.45, 2.75) is 19.1 Å². The largest absolute Gasteiger partial charge is 0.478 e. The Hall–Kier alpha value is -2.38. The number of benzene rings is 1. The minimum atomic E-state index is -0.937. The van der Waals surface area contributed by atoms with Crippen LogP contribution in [-0.4, -0.2) is 25.9 Å². The number of carbonyl (C=O) groups is 1. The lowest BCUT2D eigenvalue weighted by atomic mass is 10.1. The smallest absolute Gasteiger partial charge is 0.335 e. The molecule has 4 rings (SSSR count). The second-order valence-corrected chi connectivity index (χ2v) is 7.85. The van der Waals surface area contributed by atoms with Crippen LogP contribution in [0.5, 0.6) is 0 Å². The predicted molar refractivity (Wildman–Crippen MR) is 102 cm³/mol. The molecule has 25 heavy (non-hydrogen) atoms. The highest BCUT2D eigenvalue weighted by molar-refractivity contribution is 8.14. The monoisotopic (exact) mass is 369 g/mol. The molecule has 0 aliphatic carbocycles. The number of rotatable bonds is 3. The Morgan fingerprint density at radius 1 is 1.20 bits per heavy atom. The van der Waals surface area contributed by atoms with Crippen molar-refractivity contribution in [3.05, 3.63) is 63.5 Å². The van der Waals surface area contributed by atoms with Crippen LogP contribution in [0.4, 0.5) is 5.82 Å². The van der Waals surface area contributed by atoms with Gasteiger partial charge in [-0.05, 0) is 60.5 Å². The minimum Gasteiger partial charge on any atom is -0.478 e. The van der Waals surface area contributed by atoms with Gasteiger partial charge in [-0.25, -0.2) is 14.5 Å². The van der Waals surface area contributed by atoms with Crippen LogP contribution in [0.1, 0.15) is 39.4 Å². The number of aromatic nitrogens is 2. The molecule has 1 aromatic carbocycles. The molecule has 7 heteroatoms. The summed E-state index contributed by atoms with van der Waals surface area (Å²) in [5.41, 5.74) is 4.39. The molecule has 1 aliphatic rings. The Morgan fingerprint density at radius 3 is 2.60 bits per heavy atom. The Morgan fingerprint density at radius 2 is 1.96 bits per heavy atom. The third kappa shape index (κ3) is 2.79. The highest BCUT2D eigenvalue weighted by atomic mass is 32.2. The molecule has 1 unspecified atom stereocenters. The van der Waals surface area contributed by atoms with Crippen molar-refractivity contribution in [1.29, 1.82) is 0 Å². The molecule has 0 radical (unpaired) electrons. The van der Waals surface area contributed by atoms with E-state index in [-0.39, 0.29) is 10.8 Å². The van der Waals surface area contributed by atoms with Gasteiger partial charge in [0, 0.05) is 5.56 Å². The summed E-state index contributed by atoms with van der Waals surface area (Å²) in [6.07, 6.45) is 0. The molecule has 1 N–H and O–H groups in total. The van der Waals surface area contributed by atoms with Gasteiger partial charge in [0.15, 0.2) is 5.82 Å². The standard InChI is InChI=1S/C18H15N3O2S2/c1-10-15-16(13-7-8-24-9-13)25-11(2)19-17(15)21(20-10)14-5-3-12(4-6-14)18(22)23/h3-9,16H,1-2H3,(H,22,23). The molecule has 3 heterocycles. The van der Waals surface area contributed by atoms with E-state index in [9.17, 15) is 4.79 Å². The number of aromatic carboxylic acids is 1. The van der Waals surface area contributed by atoms with E-state index >= 15 is 0 Å². The number of hydrogen-bond acceptors (Lipinski definition) is 5. The normalized spacial score (nSPS) is 16.4. The zero-order valence-electron chi connectivity index (χ0n) is 13.6. The van der Waals surface area contributed by atoms with E-state index < -0.39 is 5.97 Å². The Balaban J connectivity index is 1.85. The van der Waals surface area contributed by atoms with Crippen LogP contribution in [0.25, 0.3) is 5.69 Å². The van der Waals surface area contributed by atoms with Crippen LogP contribution < -0.4 is 0 Å². The number of carboxylic acids is 1. The van der Waals surface area contributed by atoms with Crippen molar-refractivity contribution >= 4 is 39.9 Å². The van der Waals surface area contributed by atoms with E-state index in [1.54, 1.807) is 52.0 Å². The van der Waals surface area contributed by atoms with Crippen LogP contribution >= 0.6 is 23.1 Å². The molecule has 1 atom stereocenters. The van der Waals surface area contributed by atoms with Gasteiger partial charge in [0.2, 0.25) is 0 Å². The predicted octanol–water partition coefficient (Wildman–Crippen LogP) is 4.83. The van der Waals surface area contributed by atoms with Gasteiger partial charge in [0.05, 0.1) is 27.2 Å². The van der Waals surface area contributed by atoms with E-state index in [0.717, 1.165) is 27.8 Å². The van der Waals surface area contributed by atoms with Crippen LogP contribution in [-0.2, 0) is 0 Å². The Kier molecular flexibility index (Phi) is 3.97. The molecule has 3 aromatic rings. The molecule has 5 nitrogen and oxygen atoms in total. The van der Waals surface area contributed by atoms with Gasteiger partial charge in [-0.15, -0.1) is 0 Å². The van der Waals surface area contributed by atoms with Gasteiger partial charge in [-0.2, -0.15) is 16.4 Å². The summed E-state index contributed by atoms with van der Waals surface area (Å²) < 4.78 is 1.80. The molecular weight excluding hydrogens is 354 g/mol. The molecule has 0 amide bonds. The molecule has 0 saturated carbocycles. The summed E-state index contributed by atoms with van der Waals surface area (Å²) >= 11 is 3.43. The summed E-state index contributed by atoms with van der Waals surface area (Å²) in [6, 6.07) is 8.85. The number of fused-ring (bicyclic) bond motifs is 1. The van der Waals surface area contributed by atoms with E-state index in [0.29, 0.717) is 0 Å². The number of thiophene rings is 1. The van der Waals surface area contributed by atoms with E-state index in [4.69, 9.17) is 10.1 Å². The maximum absolute atomic E-state index is 11.1. The third-order valence-corrected chi connectivity index (χ3v) is 5.98. The van der Waals surface area contributed by atoms with Crippen molar-refractivity contribution in [2.24, 2.45) is 4.99 Å². The van der Waals surface area contributed by atoms with Crippen LogP contribution in [0.3, 0.4) is 0 Å². The number of aryl methyl sites for hydroxylation is 1. The quantitative estimate of drug-likeness (QED) is 0.718. The SMILES string of the molecule is CC1=Nc2c(c(C)nn2-c2ccc(C(=O)O)cc2)C(c2ccsc2)S1. The van der Waals surface area contributed by atoms with E-state index in [1.165, 1.54) is 5.56 Å². The Labute approximate surface area is 153 Å². The number of thioether (sulfide) groups is 1. The maximum atomic E-state index is 11.1. The minimum absolute atomic E-state index is 0.186. The molecular formula is C18H15N3O2S2. The maximum Gasteiger partial charge on any atom is 0.335 e. The zero-order valence-corrected chi connectivity index (χ0v) is 15.3. The molecule has 0 saturated heterocycles. The average Bonchev–Trinajstić information content (AvgIpc) is 3.23. The van der Waals surface area contributed by atoms with Crippen molar-refractivity contribution < 1.29 is 9.90 Å². The molecule has 126 valence electrons. The van der Waals surface area contributed by atoms with Crippen molar-refractivity contribution in [3.63, 3.8) is 0 Å². The van der Waals surface area contributed by atoms with Gasteiger partial charge in [-0.1, -0.05) is 11.8 Å². The molecule has 2 aromatic heterocycles. The molecule has 0 bridgehead atoms. The summed E-state index contributed by atoms with van der Waals surface area (Å²) in [5.74, 6) is -0.110. The van der Waals surface area contributed by atoms with Gasteiger partial charge < -0.3 is 5.11 Å². The summed E-state index contributed by atoms with van der Waals surface area (Å²) in [4.78, 5) is 15.8. The fraction of sp³-hybridized carbons (Fsp3) is 0.167. The van der Waals surface area contributed by atoms with Gasteiger partial charge in [0.1, 0.15) is 0 Å². The van der Waals surface area contributed by atoms with Crippen molar-refractivity contribution in [1.82, 2.24) is 9.78 Å². The topological polar surface area (TPSA) is 67.5 Å². The van der Waals surface area contributed by atoms with Gasteiger partial charge >= 0.3 is 5.97 Å². The highest BCUT2D eigenvalue weighted by Gasteiger charge is 2.30. The molecule has 0 fully saturated rings. The second-order valence-electron chi connectivity index (χ2n) is 5.77. The lowest BCUT2D eigenvalue weighted by molar-refractivity contribution is 0.0697. The lowest BCUT2D eigenvalue weighted by Gasteiger charge is -2.20. The first kappa shape index (κ1) is 16.1. The number of carboxylic acid groups (broad SMARTS) is 1. The van der Waals surface area contributed by atoms with Crippen LogP contribution in [0.15, 0.2) is 46.1 Å². The zero-order chi connectivity index (χ0) is 17.6. The fourth-order valence-corrected chi connectivity index (χ4v) is 4.86. The highest BCUT2D eigenvalue weighted by Crippen LogP contribution is 2.47. The van der Waals surface area contributed by atoms with Crippen molar-refractivity contribution in [3.8, 4) is 5.69 Å². The van der Waals surface area contributed by atoms with E-state index in [2.05, 4.69) is 21.9 Å². The lowest BCUT2D eigenvalue weighted by Crippen LogP contribution is -2.06. The van der Waals surface area contributed by atoms with Crippen molar-refractivity contribution in [2.75, 3.05) is 0 Å². The average molecular weight is 369 g/mol. The third-order valence-electron chi connectivity index (χ3n) is 4.10. The fourth-order valence-electron chi connectivity index (χ4n) is 2.93. The number of hydrogen-bond donors (Lipinski definition) is 1. The molecule has 0 spiro atoms. The van der Waals surface area contributed by atoms with Gasteiger partial charge in [0.25, 0.3) is 0 Å². The van der Waals surface area contributed by atoms with Crippen LogP contribution in [0.2, 0.25) is 0 Å². The number of nitrogens with zero attached hydrogens (tertiary/aromatic N) is 3. The summed E-state index contributed by atoms with van der Waals surface area (Å²) in [7, 11) is 0. The first-order valence-electron chi connectivity index (χ1n) is 7.72. The number of aliphatic imine (C=N–C) groups is 1. The Bertz CT molecular complexity index is 973. The van der Waals surface area contributed by atoms with E-state index in [1.807, 2.05) is 13.8 Å². The van der Waals surface area contributed by atoms with Gasteiger partial charge in [-0.3, -0.25) is 0 Å². The molecule has 1 aliphatic heterocycles. The van der Waals surface area contributed by atoms with Crippen LogP contribution in [0, 0.1) is 6.92 Å². The summed E-state index contributed by atoms with van der Waals surface area (Å²) in [5, 5.41) is 19.2. The second kappa shape index (κ2) is 6.16. The summed E-state index contributed by atoms with van der Waals surface area (Å²) in [6.45, 7) is 4.00. The first-order chi connectivity index (χ1) is 12.0.